The van der Waals surface area contributed by atoms with E-state index in [-0.39, 0.29) is 16.4 Å². The number of hydrogen-bond donors (Lipinski definition) is 2. The molecular formula is C24H20N4O4S2. The number of H-pyrrole nitrogens is 1. The highest BCUT2D eigenvalue weighted by Gasteiger charge is 2.43. The van der Waals surface area contributed by atoms with Crippen molar-refractivity contribution in [2.75, 3.05) is 18.8 Å². The molecule has 2 aliphatic heterocycles. The minimum Gasteiger partial charge on any atom is -0.390 e. The van der Waals surface area contributed by atoms with Gasteiger partial charge in [0, 0.05) is 50.4 Å². The molecule has 4 aromatic rings. The molecule has 2 aliphatic rings. The number of benzene rings is 2. The van der Waals surface area contributed by atoms with Crippen molar-refractivity contribution in [2.45, 2.75) is 28.9 Å². The molecule has 6 rings (SSSR count). The molecule has 0 radical (unpaired) electrons. The van der Waals surface area contributed by atoms with Gasteiger partial charge in [0.25, 0.3) is 5.91 Å². The van der Waals surface area contributed by atoms with Gasteiger partial charge in [0.2, 0.25) is 0 Å². The summed E-state index contributed by atoms with van der Waals surface area (Å²) in [6.45, 7) is 1.16. The van der Waals surface area contributed by atoms with Crippen LogP contribution >= 0.6 is 23.1 Å². The van der Waals surface area contributed by atoms with Crippen molar-refractivity contribution < 1.29 is 14.1 Å². The second kappa shape index (κ2) is 7.85. The van der Waals surface area contributed by atoms with Gasteiger partial charge in [0.1, 0.15) is 0 Å². The van der Waals surface area contributed by atoms with Crippen LogP contribution in [0.2, 0.25) is 0 Å². The number of thioether (sulfide) groups is 1. The van der Waals surface area contributed by atoms with Crippen LogP contribution in [-0.2, 0) is 0 Å². The number of nitrogen functional groups attached to an aromatic ring is 1. The highest BCUT2D eigenvalue weighted by atomic mass is 32.2. The van der Waals surface area contributed by atoms with Crippen molar-refractivity contribution >= 4 is 49.9 Å². The third kappa shape index (κ3) is 3.45. The topological polar surface area (TPSA) is 122 Å². The maximum absolute atomic E-state index is 13.3. The number of nitrogens with zero attached hydrogens (tertiary/aromatic N) is 2. The number of thiophene rings is 1. The number of ketones is 1. The molecule has 10 heteroatoms. The van der Waals surface area contributed by atoms with Crippen molar-refractivity contribution in [3.8, 4) is 11.4 Å². The second-order valence-electron chi connectivity index (χ2n) is 8.67. The fourth-order valence-corrected chi connectivity index (χ4v) is 7.27. The largest absolute Gasteiger partial charge is 0.439 e. The molecule has 1 saturated heterocycles. The SMILES string of the molecule is Nc1sc2ccccc2c1C(=O)N1CCC2(CC1)CC(=O)c1cc(-c3noc(=O)[nH]3)ccc1S2. The number of aromatic amines is 1. The maximum atomic E-state index is 13.3. The molecule has 0 bridgehead atoms. The van der Waals surface area contributed by atoms with Crippen molar-refractivity contribution in [1.82, 2.24) is 15.0 Å². The lowest BCUT2D eigenvalue weighted by Gasteiger charge is -2.43. The molecule has 34 heavy (non-hydrogen) atoms. The van der Waals surface area contributed by atoms with Gasteiger partial charge in [0.05, 0.1) is 10.6 Å². The van der Waals surface area contributed by atoms with Gasteiger partial charge in [-0.15, -0.1) is 23.1 Å². The highest BCUT2D eigenvalue weighted by molar-refractivity contribution is 8.01. The number of rotatable bonds is 2. The number of nitrogens with two attached hydrogens (primary N) is 1. The lowest BCUT2D eigenvalue weighted by molar-refractivity contribution is 0.0699. The lowest BCUT2D eigenvalue weighted by atomic mass is 9.87. The molecule has 8 nitrogen and oxygen atoms in total. The standard InChI is InChI=1S/C24H20N4O4S2/c25-20-19(14-3-1-2-4-17(14)33-20)22(30)28-9-7-24(8-10-28)12-16(29)15-11-13(5-6-18(15)34-24)21-26-23(31)32-27-21/h1-6,11H,7-10,12,25H2,(H,26,27,31). The molecule has 2 aromatic heterocycles. The van der Waals surface area contributed by atoms with Gasteiger partial charge in [-0.05, 0) is 37.1 Å². The summed E-state index contributed by atoms with van der Waals surface area (Å²) in [6.07, 6.45) is 1.87. The average molecular weight is 493 g/mol. The summed E-state index contributed by atoms with van der Waals surface area (Å²) in [5, 5.41) is 5.15. The molecule has 1 fully saturated rings. The van der Waals surface area contributed by atoms with E-state index in [0.717, 1.165) is 27.8 Å². The predicted molar refractivity (Wildman–Crippen MR) is 131 cm³/mol. The predicted octanol–water partition coefficient (Wildman–Crippen LogP) is 4.18. The summed E-state index contributed by atoms with van der Waals surface area (Å²) >= 11 is 3.15. The highest BCUT2D eigenvalue weighted by Crippen LogP contribution is 2.49. The number of likely N-dealkylation sites (tertiary alicyclic amines) is 1. The lowest BCUT2D eigenvalue weighted by Crippen LogP contribution is -2.47. The van der Waals surface area contributed by atoms with Gasteiger partial charge >= 0.3 is 5.76 Å². The molecule has 1 spiro atoms. The molecule has 0 saturated carbocycles. The molecule has 172 valence electrons. The first-order valence-electron chi connectivity index (χ1n) is 10.9. The summed E-state index contributed by atoms with van der Waals surface area (Å²) < 4.78 is 5.36. The number of aromatic nitrogens is 2. The Morgan fingerprint density at radius 2 is 1.94 bits per heavy atom. The van der Waals surface area contributed by atoms with Crippen LogP contribution in [0.25, 0.3) is 21.5 Å². The Morgan fingerprint density at radius 1 is 1.15 bits per heavy atom. The van der Waals surface area contributed by atoms with E-state index in [1.54, 1.807) is 17.8 Å². The first-order chi connectivity index (χ1) is 16.4. The first-order valence-corrected chi connectivity index (χ1v) is 12.5. The van der Waals surface area contributed by atoms with Crippen LogP contribution in [0.4, 0.5) is 5.00 Å². The monoisotopic (exact) mass is 492 g/mol. The fraction of sp³-hybridized carbons (Fsp3) is 0.250. The molecular weight excluding hydrogens is 472 g/mol. The van der Waals surface area contributed by atoms with E-state index in [1.165, 1.54) is 11.3 Å². The van der Waals surface area contributed by atoms with Gasteiger partial charge in [-0.2, -0.15) is 0 Å². The Morgan fingerprint density at radius 3 is 2.71 bits per heavy atom. The minimum absolute atomic E-state index is 0.0383. The van der Waals surface area contributed by atoms with E-state index in [1.807, 2.05) is 41.3 Å². The van der Waals surface area contributed by atoms with Crippen LogP contribution < -0.4 is 11.5 Å². The molecule has 0 unspecified atom stereocenters. The number of amides is 1. The minimum atomic E-state index is -0.633. The molecule has 0 aliphatic carbocycles. The zero-order chi connectivity index (χ0) is 23.4. The average Bonchev–Trinajstić information content (AvgIpc) is 3.41. The van der Waals surface area contributed by atoms with Gasteiger partial charge in [-0.1, -0.05) is 23.4 Å². The Kier molecular flexibility index (Phi) is 4.89. The van der Waals surface area contributed by atoms with Crippen LogP contribution in [0.5, 0.6) is 0 Å². The number of carbonyl (C=O) groups excluding carboxylic acids is 2. The summed E-state index contributed by atoms with van der Waals surface area (Å²) in [5.74, 6) is -0.304. The van der Waals surface area contributed by atoms with Crippen LogP contribution in [-0.4, -0.2) is 44.6 Å². The Bertz CT molecular complexity index is 1510. The van der Waals surface area contributed by atoms with Crippen LogP contribution in [0, 0.1) is 0 Å². The zero-order valence-corrected chi connectivity index (χ0v) is 19.6. The summed E-state index contributed by atoms with van der Waals surface area (Å²) in [4.78, 5) is 43.0. The normalized spacial score (nSPS) is 17.3. The quantitative estimate of drug-likeness (QED) is 0.430. The van der Waals surface area contributed by atoms with Crippen LogP contribution in [0.3, 0.4) is 0 Å². The molecule has 4 heterocycles. The Balaban J connectivity index is 1.21. The number of hydrogen-bond acceptors (Lipinski definition) is 8. The third-order valence-electron chi connectivity index (χ3n) is 6.60. The number of Topliss-reactive ketones (excluding diaryl/α,β-unsaturated/α-hetero) is 1. The van der Waals surface area contributed by atoms with Crippen molar-refractivity contribution in [1.29, 1.82) is 0 Å². The van der Waals surface area contributed by atoms with E-state index < -0.39 is 5.76 Å². The smallest absolute Gasteiger partial charge is 0.390 e. The molecule has 0 atom stereocenters. The van der Waals surface area contributed by atoms with Crippen molar-refractivity contribution in [3.63, 3.8) is 0 Å². The summed E-state index contributed by atoms with van der Waals surface area (Å²) in [6, 6.07) is 13.3. The second-order valence-corrected chi connectivity index (χ2v) is 11.3. The Labute approximate surface area is 202 Å². The molecule has 1 amide bonds. The Hall–Kier alpha value is -3.37. The molecule has 3 N–H and O–H groups in total. The molecule has 2 aromatic carbocycles. The van der Waals surface area contributed by atoms with Gasteiger partial charge in [-0.3, -0.25) is 19.1 Å². The van der Waals surface area contributed by atoms with Crippen molar-refractivity contribution in [2.24, 2.45) is 0 Å². The van der Waals surface area contributed by atoms with E-state index >= 15 is 0 Å². The summed E-state index contributed by atoms with van der Waals surface area (Å²) in [7, 11) is 0. The number of anilines is 1. The number of piperidine rings is 1. The zero-order valence-electron chi connectivity index (χ0n) is 18.0. The van der Waals surface area contributed by atoms with E-state index in [9.17, 15) is 14.4 Å². The van der Waals surface area contributed by atoms with Crippen molar-refractivity contribution in [3.05, 3.63) is 64.1 Å². The first kappa shape index (κ1) is 21.2. The number of nitrogens with one attached hydrogen (secondary N) is 1. The fourth-order valence-electron chi connectivity index (χ4n) is 4.83. The number of carbonyl (C=O) groups is 2. The number of fused-ring (bicyclic) bond motifs is 2. The van der Waals surface area contributed by atoms with Gasteiger partial charge < -0.3 is 10.6 Å². The van der Waals surface area contributed by atoms with Gasteiger partial charge in [0.15, 0.2) is 11.6 Å². The summed E-state index contributed by atoms with van der Waals surface area (Å²) in [5.41, 5.74) is 8.07. The van der Waals surface area contributed by atoms with Crippen LogP contribution in [0.1, 0.15) is 40.0 Å². The van der Waals surface area contributed by atoms with E-state index in [4.69, 9.17) is 5.73 Å². The van der Waals surface area contributed by atoms with Gasteiger partial charge in [-0.25, -0.2) is 4.79 Å². The third-order valence-corrected chi connectivity index (χ3v) is 9.16. The maximum Gasteiger partial charge on any atom is 0.439 e. The van der Waals surface area contributed by atoms with E-state index in [0.29, 0.717) is 47.0 Å². The van der Waals surface area contributed by atoms with Crippen LogP contribution in [0.15, 0.2) is 56.7 Å². The van der Waals surface area contributed by atoms with E-state index in [2.05, 4.69) is 14.7 Å².